The highest BCUT2D eigenvalue weighted by Crippen LogP contribution is 2.25. The van der Waals surface area contributed by atoms with E-state index >= 15 is 0 Å². The van der Waals surface area contributed by atoms with Crippen LogP contribution in [0.25, 0.3) is 0 Å². The summed E-state index contributed by atoms with van der Waals surface area (Å²) in [6.45, 7) is 5.44. The number of carbonyl (C=O) groups excluding carboxylic acids is 2. The van der Waals surface area contributed by atoms with Gasteiger partial charge in [-0.15, -0.1) is 10.2 Å². The molecule has 0 aliphatic carbocycles. The van der Waals surface area contributed by atoms with Gasteiger partial charge < -0.3 is 10.6 Å². The second kappa shape index (κ2) is 7.37. The molecule has 1 heterocycles. The molecule has 116 valence electrons. The quantitative estimate of drug-likeness (QED) is 0.648. The van der Waals surface area contributed by atoms with Gasteiger partial charge in [-0.1, -0.05) is 29.2 Å². The van der Waals surface area contributed by atoms with Gasteiger partial charge in [0.15, 0.2) is 4.34 Å². The van der Waals surface area contributed by atoms with E-state index in [-0.39, 0.29) is 17.6 Å². The normalized spacial score (nSPS) is 10.3. The molecule has 22 heavy (non-hydrogen) atoms. The van der Waals surface area contributed by atoms with E-state index < -0.39 is 0 Å². The molecule has 2 amide bonds. The van der Waals surface area contributed by atoms with Gasteiger partial charge in [0.1, 0.15) is 0 Å². The molecule has 2 aromatic rings. The van der Waals surface area contributed by atoms with Gasteiger partial charge in [0.05, 0.1) is 5.75 Å². The maximum Gasteiger partial charge on any atom is 0.234 e. The Kier molecular flexibility index (Phi) is 5.51. The first-order chi connectivity index (χ1) is 10.4. The van der Waals surface area contributed by atoms with E-state index in [1.807, 2.05) is 32.0 Å². The molecule has 0 radical (unpaired) electrons. The third-order valence-electron chi connectivity index (χ3n) is 2.81. The Morgan fingerprint density at radius 2 is 1.95 bits per heavy atom. The Labute approximate surface area is 136 Å². The lowest BCUT2D eigenvalue weighted by Crippen LogP contribution is -2.14. The van der Waals surface area contributed by atoms with E-state index in [9.17, 15) is 9.59 Å². The number of carbonyl (C=O) groups is 2. The minimum atomic E-state index is -0.194. The highest BCUT2D eigenvalue weighted by Gasteiger charge is 2.09. The Hall–Kier alpha value is -1.93. The minimum Gasteiger partial charge on any atom is -0.325 e. The molecule has 0 saturated carbocycles. The van der Waals surface area contributed by atoms with Gasteiger partial charge in [0, 0.05) is 12.6 Å². The van der Waals surface area contributed by atoms with Gasteiger partial charge >= 0.3 is 0 Å². The van der Waals surface area contributed by atoms with E-state index in [0.717, 1.165) is 11.3 Å². The summed E-state index contributed by atoms with van der Waals surface area (Å²) in [5, 5.41) is 13.6. The first-order valence-electron chi connectivity index (χ1n) is 6.55. The molecule has 1 aromatic heterocycles. The van der Waals surface area contributed by atoms with Crippen molar-refractivity contribution in [2.24, 2.45) is 0 Å². The van der Waals surface area contributed by atoms with Crippen LogP contribution in [-0.2, 0) is 9.59 Å². The van der Waals surface area contributed by atoms with Gasteiger partial charge in [-0.3, -0.25) is 9.59 Å². The molecule has 0 unspecified atom stereocenters. The average molecular weight is 336 g/mol. The fourth-order valence-corrected chi connectivity index (χ4v) is 3.21. The van der Waals surface area contributed by atoms with E-state index in [4.69, 9.17) is 0 Å². The molecule has 0 saturated heterocycles. The summed E-state index contributed by atoms with van der Waals surface area (Å²) in [4.78, 5) is 22.8. The lowest BCUT2D eigenvalue weighted by Gasteiger charge is -2.06. The maximum atomic E-state index is 11.9. The van der Waals surface area contributed by atoms with Gasteiger partial charge in [-0.25, -0.2) is 0 Å². The number of thioether (sulfide) groups is 1. The number of amides is 2. The highest BCUT2D eigenvalue weighted by atomic mass is 32.2. The van der Waals surface area contributed by atoms with Crippen LogP contribution in [0.4, 0.5) is 10.8 Å². The number of benzene rings is 1. The fourth-order valence-electron chi connectivity index (χ4n) is 1.61. The second-order valence-corrected chi connectivity index (χ2v) is 6.89. The van der Waals surface area contributed by atoms with Crippen LogP contribution in [0, 0.1) is 13.8 Å². The predicted molar refractivity (Wildman–Crippen MR) is 89.5 cm³/mol. The lowest BCUT2D eigenvalue weighted by molar-refractivity contribution is -0.114. The number of hydrogen-bond acceptors (Lipinski definition) is 6. The molecule has 0 spiro atoms. The molecular weight excluding hydrogens is 320 g/mol. The zero-order valence-electron chi connectivity index (χ0n) is 12.5. The minimum absolute atomic E-state index is 0.107. The van der Waals surface area contributed by atoms with Crippen LogP contribution in [0.2, 0.25) is 0 Å². The third kappa shape index (κ3) is 4.81. The Balaban J connectivity index is 1.85. The average Bonchev–Trinajstić information content (AvgIpc) is 2.87. The zero-order chi connectivity index (χ0) is 16.1. The lowest BCUT2D eigenvalue weighted by atomic mass is 10.1. The third-order valence-corrected chi connectivity index (χ3v) is 4.78. The topological polar surface area (TPSA) is 84.0 Å². The number of aromatic nitrogens is 2. The molecule has 0 aliphatic heterocycles. The molecule has 0 fully saturated rings. The summed E-state index contributed by atoms with van der Waals surface area (Å²) in [5.41, 5.74) is 3.10. The summed E-state index contributed by atoms with van der Waals surface area (Å²) >= 11 is 2.53. The fraction of sp³-hybridized carbons (Fsp3) is 0.286. The monoisotopic (exact) mass is 336 g/mol. The molecule has 6 nitrogen and oxygen atoms in total. The number of anilines is 2. The number of rotatable bonds is 5. The SMILES string of the molecule is CC(=O)Nc1nnc(SCC(=O)Nc2ccc(C)c(C)c2)s1. The number of hydrogen-bond donors (Lipinski definition) is 2. The molecule has 2 N–H and O–H groups in total. The van der Waals surface area contributed by atoms with Crippen LogP contribution >= 0.6 is 23.1 Å². The van der Waals surface area contributed by atoms with Crippen molar-refractivity contribution in [1.82, 2.24) is 10.2 Å². The van der Waals surface area contributed by atoms with E-state index in [1.54, 1.807) is 0 Å². The molecular formula is C14H16N4O2S2. The summed E-state index contributed by atoms with van der Waals surface area (Å²) in [5.74, 6) is -0.0635. The van der Waals surface area contributed by atoms with Gasteiger partial charge in [-0.05, 0) is 37.1 Å². The Bertz CT molecular complexity index is 700. The molecule has 1 aromatic carbocycles. The molecule has 0 aliphatic rings. The smallest absolute Gasteiger partial charge is 0.234 e. The molecule has 0 bridgehead atoms. The van der Waals surface area contributed by atoms with E-state index in [2.05, 4.69) is 20.8 Å². The summed E-state index contributed by atoms with van der Waals surface area (Å²) in [6, 6.07) is 5.80. The van der Waals surface area contributed by atoms with Crippen LogP contribution < -0.4 is 10.6 Å². The second-order valence-electron chi connectivity index (χ2n) is 4.69. The standard InChI is InChI=1S/C14H16N4O2S2/c1-8-4-5-11(6-9(8)2)16-12(20)7-21-14-18-17-13(22-14)15-10(3)19/h4-6H,7H2,1-3H3,(H,16,20)(H,15,17,19). The van der Waals surface area contributed by atoms with Crippen molar-refractivity contribution in [2.75, 3.05) is 16.4 Å². The van der Waals surface area contributed by atoms with Crippen LogP contribution in [-0.4, -0.2) is 27.8 Å². The van der Waals surface area contributed by atoms with Crippen molar-refractivity contribution < 1.29 is 9.59 Å². The summed E-state index contributed by atoms with van der Waals surface area (Å²) in [6.07, 6.45) is 0. The Morgan fingerprint density at radius 1 is 1.18 bits per heavy atom. The largest absolute Gasteiger partial charge is 0.325 e. The first-order valence-corrected chi connectivity index (χ1v) is 8.35. The van der Waals surface area contributed by atoms with Crippen molar-refractivity contribution in [2.45, 2.75) is 25.1 Å². The molecule has 8 heteroatoms. The van der Waals surface area contributed by atoms with Crippen LogP contribution in [0.1, 0.15) is 18.1 Å². The van der Waals surface area contributed by atoms with Crippen molar-refractivity contribution in [1.29, 1.82) is 0 Å². The van der Waals surface area contributed by atoms with Crippen molar-refractivity contribution in [3.63, 3.8) is 0 Å². The number of nitrogens with one attached hydrogen (secondary N) is 2. The van der Waals surface area contributed by atoms with Crippen molar-refractivity contribution in [3.05, 3.63) is 29.3 Å². The Morgan fingerprint density at radius 3 is 2.64 bits per heavy atom. The van der Waals surface area contributed by atoms with Gasteiger partial charge in [-0.2, -0.15) is 0 Å². The van der Waals surface area contributed by atoms with Crippen LogP contribution in [0.3, 0.4) is 0 Å². The summed E-state index contributed by atoms with van der Waals surface area (Å²) < 4.78 is 0.638. The molecule has 0 atom stereocenters. The van der Waals surface area contributed by atoms with E-state index in [0.29, 0.717) is 9.47 Å². The van der Waals surface area contributed by atoms with Gasteiger partial charge in [0.25, 0.3) is 0 Å². The van der Waals surface area contributed by atoms with E-state index in [1.165, 1.54) is 35.6 Å². The van der Waals surface area contributed by atoms with Crippen molar-refractivity contribution in [3.8, 4) is 0 Å². The predicted octanol–water partition coefficient (Wildman–Crippen LogP) is 2.84. The zero-order valence-corrected chi connectivity index (χ0v) is 14.1. The molecule has 2 rings (SSSR count). The van der Waals surface area contributed by atoms with Crippen LogP contribution in [0.5, 0.6) is 0 Å². The summed E-state index contributed by atoms with van der Waals surface area (Å²) in [7, 11) is 0. The van der Waals surface area contributed by atoms with Crippen molar-refractivity contribution >= 4 is 45.7 Å². The van der Waals surface area contributed by atoms with Crippen LogP contribution in [0.15, 0.2) is 22.5 Å². The highest BCUT2D eigenvalue weighted by molar-refractivity contribution is 8.01. The number of nitrogens with zero attached hydrogens (tertiary/aromatic N) is 2. The van der Waals surface area contributed by atoms with Gasteiger partial charge in [0.2, 0.25) is 16.9 Å². The maximum absolute atomic E-state index is 11.9. The number of aryl methyl sites for hydroxylation is 2. The first kappa shape index (κ1) is 16.4.